The van der Waals surface area contributed by atoms with Gasteiger partial charge in [-0.15, -0.1) is 0 Å². The van der Waals surface area contributed by atoms with E-state index in [1.807, 2.05) is 0 Å². The molecule has 4 heteroatoms. The molecule has 0 bridgehead atoms. The highest BCUT2D eigenvalue weighted by Crippen LogP contribution is 2.05. The summed E-state index contributed by atoms with van der Waals surface area (Å²) in [6.45, 7) is 2.25. The molecule has 0 saturated carbocycles. The first kappa shape index (κ1) is 9.32. The van der Waals surface area contributed by atoms with Crippen LogP contribution in [0.15, 0.2) is 0 Å². The van der Waals surface area contributed by atoms with Crippen molar-refractivity contribution in [3.05, 3.63) is 0 Å². The van der Waals surface area contributed by atoms with Crippen molar-refractivity contribution in [3.8, 4) is 0 Å². The fourth-order valence-electron chi connectivity index (χ4n) is 1.22. The lowest BCUT2D eigenvalue weighted by molar-refractivity contribution is 0.0717. The molecule has 1 saturated heterocycles. The number of aliphatic hydroxyl groups is 1. The van der Waals surface area contributed by atoms with Crippen LogP contribution >= 0.6 is 0 Å². The van der Waals surface area contributed by atoms with Crippen molar-refractivity contribution in [2.75, 3.05) is 26.3 Å². The van der Waals surface area contributed by atoms with Crippen LogP contribution in [0.25, 0.3) is 0 Å². The van der Waals surface area contributed by atoms with E-state index < -0.39 is 0 Å². The van der Waals surface area contributed by atoms with Gasteiger partial charge in [-0.1, -0.05) is 0 Å². The number of aliphatic hydroxyl groups excluding tert-OH is 1. The Balaban J connectivity index is 2.16. The van der Waals surface area contributed by atoms with Gasteiger partial charge in [0.25, 0.3) is 0 Å². The van der Waals surface area contributed by atoms with E-state index in [1.54, 1.807) is 4.90 Å². The van der Waals surface area contributed by atoms with E-state index in [2.05, 4.69) is 0 Å². The molecule has 1 amide bonds. The lowest BCUT2D eigenvalue weighted by Gasteiger charge is -2.25. The van der Waals surface area contributed by atoms with Gasteiger partial charge in [0, 0.05) is 19.7 Å². The number of rotatable bonds is 4. The third-order valence-electron chi connectivity index (χ3n) is 1.89. The molecule has 1 N–H and O–H groups in total. The summed E-state index contributed by atoms with van der Waals surface area (Å²) < 4.78 is 4.85. The average Bonchev–Trinajstić information content (AvgIpc) is 2.09. The predicted octanol–water partition coefficient (Wildman–Crippen LogP) is 0.601. The minimum atomic E-state index is -0.209. The molecule has 0 spiro atoms. The highest BCUT2D eigenvalue weighted by Gasteiger charge is 2.18. The number of cyclic esters (lactones) is 1. The quantitative estimate of drug-likeness (QED) is 0.633. The summed E-state index contributed by atoms with van der Waals surface area (Å²) in [5.41, 5.74) is 0. The normalized spacial score (nSPS) is 17.8. The molecule has 0 unspecified atom stereocenters. The van der Waals surface area contributed by atoms with Gasteiger partial charge < -0.3 is 14.7 Å². The maximum absolute atomic E-state index is 11.0. The van der Waals surface area contributed by atoms with E-state index in [0.29, 0.717) is 13.2 Å². The average molecular weight is 173 g/mol. The molecule has 0 aromatic rings. The van der Waals surface area contributed by atoms with Crippen molar-refractivity contribution in [1.82, 2.24) is 4.90 Å². The molecule has 1 aliphatic rings. The smallest absolute Gasteiger partial charge is 0.409 e. The van der Waals surface area contributed by atoms with Crippen LogP contribution in [-0.4, -0.2) is 42.4 Å². The summed E-state index contributed by atoms with van der Waals surface area (Å²) in [6, 6.07) is 0. The lowest BCUT2D eigenvalue weighted by Crippen LogP contribution is -2.38. The lowest BCUT2D eigenvalue weighted by atomic mass is 10.3. The van der Waals surface area contributed by atoms with Gasteiger partial charge in [-0.2, -0.15) is 0 Å². The second-order valence-corrected chi connectivity index (χ2v) is 2.89. The SMILES string of the molecule is O=C1OCCCN1CCCCO. The first-order chi connectivity index (χ1) is 5.84. The number of hydrogen-bond acceptors (Lipinski definition) is 3. The zero-order valence-electron chi connectivity index (χ0n) is 7.16. The summed E-state index contributed by atoms with van der Waals surface area (Å²) in [4.78, 5) is 12.7. The first-order valence-corrected chi connectivity index (χ1v) is 4.37. The zero-order chi connectivity index (χ0) is 8.81. The van der Waals surface area contributed by atoms with E-state index in [9.17, 15) is 4.79 Å². The Labute approximate surface area is 72.1 Å². The summed E-state index contributed by atoms with van der Waals surface area (Å²) in [6.07, 6.45) is 2.32. The molecule has 70 valence electrons. The van der Waals surface area contributed by atoms with Gasteiger partial charge in [0.05, 0.1) is 6.61 Å². The minimum Gasteiger partial charge on any atom is -0.449 e. The van der Waals surface area contributed by atoms with E-state index in [-0.39, 0.29) is 12.7 Å². The summed E-state index contributed by atoms with van der Waals surface area (Å²) >= 11 is 0. The first-order valence-electron chi connectivity index (χ1n) is 4.37. The van der Waals surface area contributed by atoms with Crippen molar-refractivity contribution in [3.63, 3.8) is 0 Å². The maximum Gasteiger partial charge on any atom is 0.409 e. The minimum absolute atomic E-state index is 0.197. The molecule has 1 rings (SSSR count). The molecule has 4 nitrogen and oxygen atoms in total. The highest BCUT2D eigenvalue weighted by molar-refractivity contribution is 5.68. The second kappa shape index (κ2) is 4.98. The van der Waals surface area contributed by atoms with E-state index in [4.69, 9.17) is 9.84 Å². The fraction of sp³-hybridized carbons (Fsp3) is 0.875. The summed E-state index contributed by atoms with van der Waals surface area (Å²) in [5, 5.41) is 8.53. The largest absolute Gasteiger partial charge is 0.449 e. The van der Waals surface area contributed by atoms with Crippen molar-refractivity contribution in [2.45, 2.75) is 19.3 Å². The van der Waals surface area contributed by atoms with E-state index >= 15 is 0 Å². The Morgan fingerprint density at radius 2 is 2.33 bits per heavy atom. The second-order valence-electron chi connectivity index (χ2n) is 2.89. The molecule has 0 radical (unpaired) electrons. The topological polar surface area (TPSA) is 49.8 Å². The van der Waals surface area contributed by atoms with Crippen molar-refractivity contribution in [2.24, 2.45) is 0 Å². The van der Waals surface area contributed by atoms with Crippen LogP contribution in [0, 0.1) is 0 Å². The van der Waals surface area contributed by atoms with Gasteiger partial charge in [-0.3, -0.25) is 0 Å². The van der Waals surface area contributed by atoms with Gasteiger partial charge in [0.15, 0.2) is 0 Å². The Kier molecular flexibility index (Phi) is 3.87. The molecule has 1 heterocycles. The maximum atomic E-state index is 11.0. The number of carbonyl (C=O) groups excluding carboxylic acids is 1. The summed E-state index contributed by atoms with van der Waals surface area (Å²) in [5.74, 6) is 0. The fourth-order valence-corrected chi connectivity index (χ4v) is 1.22. The van der Waals surface area contributed by atoms with E-state index in [0.717, 1.165) is 25.8 Å². The third-order valence-corrected chi connectivity index (χ3v) is 1.89. The van der Waals surface area contributed by atoms with Crippen LogP contribution in [-0.2, 0) is 4.74 Å². The third kappa shape index (κ3) is 2.70. The van der Waals surface area contributed by atoms with Gasteiger partial charge >= 0.3 is 6.09 Å². The van der Waals surface area contributed by atoms with E-state index in [1.165, 1.54) is 0 Å². The number of hydrogen-bond donors (Lipinski definition) is 1. The van der Waals surface area contributed by atoms with Crippen LogP contribution in [0.2, 0.25) is 0 Å². The molecule has 0 aliphatic carbocycles. The van der Waals surface area contributed by atoms with Crippen LogP contribution in [0.3, 0.4) is 0 Å². The van der Waals surface area contributed by atoms with Crippen LogP contribution < -0.4 is 0 Å². The standard InChI is InChI=1S/C8H15NO3/c10-6-2-1-4-9-5-3-7-12-8(9)11/h10H,1-7H2. The molecule has 12 heavy (non-hydrogen) atoms. The number of unbranched alkanes of at least 4 members (excludes halogenated alkanes) is 1. The molecular formula is C8H15NO3. The van der Waals surface area contributed by atoms with Gasteiger partial charge in [-0.05, 0) is 19.3 Å². The number of amides is 1. The molecule has 0 atom stereocenters. The van der Waals surface area contributed by atoms with Crippen LogP contribution in [0.1, 0.15) is 19.3 Å². The van der Waals surface area contributed by atoms with Gasteiger partial charge in [0.1, 0.15) is 0 Å². The zero-order valence-corrected chi connectivity index (χ0v) is 7.16. The van der Waals surface area contributed by atoms with Crippen molar-refractivity contribution < 1.29 is 14.6 Å². The Bertz CT molecular complexity index is 149. The van der Waals surface area contributed by atoms with Crippen molar-refractivity contribution in [1.29, 1.82) is 0 Å². The van der Waals surface area contributed by atoms with Gasteiger partial charge in [0.2, 0.25) is 0 Å². The highest BCUT2D eigenvalue weighted by atomic mass is 16.6. The van der Waals surface area contributed by atoms with Gasteiger partial charge in [-0.25, -0.2) is 4.79 Å². The Morgan fingerprint density at radius 3 is 3.00 bits per heavy atom. The van der Waals surface area contributed by atoms with Crippen LogP contribution in [0.4, 0.5) is 4.79 Å². The Hall–Kier alpha value is -0.770. The molecule has 0 aromatic heterocycles. The molecule has 1 fully saturated rings. The molecule has 0 aromatic carbocycles. The molecule has 1 aliphatic heterocycles. The number of ether oxygens (including phenoxy) is 1. The van der Waals surface area contributed by atoms with Crippen molar-refractivity contribution >= 4 is 6.09 Å². The summed E-state index contributed by atoms with van der Waals surface area (Å²) in [7, 11) is 0. The molecular weight excluding hydrogens is 158 g/mol. The number of nitrogens with zero attached hydrogens (tertiary/aromatic N) is 1. The Morgan fingerprint density at radius 1 is 1.50 bits per heavy atom. The monoisotopic (exact) mass is 173 g/mol. The van der Waals surface area contributed by atoms with Crippen LogP contribution in [0.5, 0.6) is 0 Å². The predicted molar refractivity (Wildman–Crippen MR) is 43.9 cm³/mol. The number of carbonyl (C=O) groups is 1.